The first-order valence-electron chi connectivity index (χ1n) is 4.71. The summed E-state index contributed by atoms with van der Waals surface area (Å²) in [5.41, 5.74) is 2.63. The number of aromatic nitrogens is 3. The zero-order valence-electron chi connectivity index (χ0n) is 8.94. The molecule has 1 aromatic carbocycles. The van der Waals surface area contributed by atoms with E-state index in [4.69, 9.17) is 16.3 Å². The summed E-state index contributed by atoms with van der Waals surface area (Å²) in [6, 6.07) is 5.83. The zero-order chi connectivity index (χ0) is 11.5. The van der Waals surface area contributed by atoms with Gasteiger partial charge in [0.2, 0.25) is 5.28 Å². The summed E-state index contributed by atoms with van der Waals surface area (Å²) in [5, 5.41) is 7.50. The van der Waals surface area contributed by atoms with Crippen LogP contribution in [0.15, 0.2) is 24.4 Å². The van der Waals surface area contributed by atoms with Gasteiger partial charge in [-0.3, -0.25) is 0 Å². The Labute approximate surface area is 98.3 Å². The van der Waals surface area contributed by atoms with Crippen LogP contribution in [0.4, 0.5) is 0 Å². The quantitative estimate of drug-likeness (QED) is 0.803. The second-order valence-corrected chi connectivity index (χ2v) is 3.65. The molecule has 16 heavy (non-hydrogen) atoms. The maximum absolute atomic E-state index is 5.70. The normalized spacial score (nSPS) is 10.2. The van der Waals surface area contributed by atoms with Crippen molar-refractivity contribution in [3.05, 3.63) is 35.2 Å². The largest absolute Gasteiger partial charge is 0.496 e. The number of hydrogen-bond donors (Lipinski definition) is 0. The second kappa shape index (κ2) is 4.45. The van der Waals surface area contributed by atoms with Gasteiger partial charge in [0.25, 0.3) is 0 Å². The second-order valence-electron chi connectivity index (χ2n) is 3.31. The summed E-state index contributed by atoms with van der Waals surface area (Å²) in [4.78, 5) is 4.10. The molecule has 0 radical (unpaired) electrons. The molecular formula is C11H10ClN3O. The van der Waals surface area contributed by atoms with Gasteiger partial charge >= 0.3 is 0 Å². The molecule has 0 atom stereocenters. The Morgan fingerprint density at radius 1 is 1.31 bits per heavy atom. The van der Waals surface area contributed by atoms with Crippen LogP contribution >= 0.6 is 11.6 Å². The molecule has 0 aliphatic heterocycles. The van der Waals surface area contributed by atoms with E-state index in [2.05, 4.69) is 15.2 Å². The molecule has 0 unspecified atom stereocenters. The predicted molar refractivity (Wildman–Crippen MR) is 61.6 cm³/mol. The van der Waals surface area contributed by atoms with Crippen molar-refractivity contribution >= 4 is 11.6 Å². The molecule has 0 N–H and O–H groups in total. The van der Waals surface area contributed by atoms with Gasteiger partial charge in [-0.25, -0.2) is 4.98 Å². The van der Waals surface area contributed by atoms with Gasteiger partial charge in [0.15, 0.2) is 0 Å². The van der Waals surface area contributed by atoms with E-state index in [1.807, 2.05) is 25.1 Å². The van der Waals surface area contributed by atoms with Gasteiger partial charge in [-0.2, -0.15) is 5.10 Å². The van der Waals surface area contributed by atoms with E-state index < -0.39 is 0 Å². The van der Waals surface area contributed by atoms with E-state index in [0.717, 1.165) is 16.9 Å². The Morgan fingerprint density at radius 2 is 2.12 bits per heavy atom. The van der Waals surface area contributed by atoms with Crippen molar-refractivity contribution in [3.63, 3.8) is 0 Å². The van der Waals surface area contributed by atoms with Gasteiger partial charge in [-0.15, -0.1) is 5.10 Å². The first kappa shape index (κ1) is 10.8. The van der Waals surface area contributed by atoms with E-state index in [1.165, 1.54) is 0 Å². The highest BCUT2D eigenvalue weighted by atomic mass is 35.5. The average Bonchev–Trinajstić information content (AvgIpc) is 2.29. The molecule has 1 aromatic heterocycles. The molecule has 82 valence electrons. The molecule has 4 nitrogen and oxygen atoms in total. The minimum atomic E-state index is 0.126. The van der Waals surface area contributed by atoms with Crippen LogP contribution in [-0.4, -0.2) is 22.3 Å². The molecule has 0 saturated heterocycles. The number of methoxy groups -OCH3 is 1. The average molecular weight is 236 g/mol. The molecule has 0 saturated carbocycles. The summed E-state index contributed by atoms with van der Waals surface area (Å²) in [6.07, 6.45) is 1.56. The van der Waals surface area contributed by atoms with Gasteiger partial charge in [-0.1, -0.05) is 11.6 Å². The van der Waals surface area contributed by atoms with Crippen LogP contribution in [0.3, 0.4) is 0 Å². The van der Waals surface area contributed by atoms with Crippen LogP contribution in [0.5, 0.6) is 5.75 Å². The van der Waals surface area contributed by atoms with Crippen molar-refractivity contribution in [1.82, 2.24) is 15.2 Å². The van der Waals surface area contributed by atoms with Crippen molar-refractivity contribution in [2.24, 2.45) is 0 Å². The molecule has 0 bridgehead atoms. The Bertz CT molecular complexity index is 516. The lowest BCUT2D eigenvalue weighted by Gasteiger charge is -2.08. The fraction of sp³-hybridized carbons (Fsp3) is 0.182. The van der Waals surface area contributed by atoms with E-state index in [9.17, 15) is 0 Å². The number of nitrogens with zero attached hydrogens (tertiary/aromatic N) is 3. The van der Waals surface area contributed by atoms with Crippen LogP contribution in [0.25, 0.3) is 11.3 Å². The minimum absolute atomic E-state index is 0.126. The molecule has 0 amide bonds. The van der Waals surface area contributed by atoms with Gasteiger partial charge in [0.05, 0.1) is 19.0 Å². The highest BCUT2D eigenvalue weighted by Gasteiger charge is 2.08. The van der Waals surface area contributed by atoms with Crippen LogP contribution in [-0.2, 0) is 0 Å². The predicted octanol–water partition coefficient (Wildman–Crippen LogP) is 2.51. The lowest BCUT2D eigenvalue weighted by molar-refractivity contribution is 0.416. The molecule has 0 aliphatic rings. The van der Waals surface area contributed by atoms with E-state index in [1.54, 1.807) is 13.3 Å². The van der Waals surface area contributed by atoms with Gasteiger partial charge in [0.1, 0.15) is 5.75 Å². The standard InChI is InChI=1S/C11H10ClN3O/c1-7-3-4-10(16-2)8(5-7)9-6-13-15-11(12)14-9/h3-6H,1-2H3. The topological polar surface area (TPSA) is 47.9 Å². The summed E-state index contributed by atoms with van der Waals surface area (Å²) in [7, 11) is 1.62. The zero-order valence-corrected chi connectivity index (χ0v) is 9.69. The molecular weight excluding hydrogens is 226 g/mol. The number of ether oxygens (including phenoxy) is 1. The van der Waals surface area contributed by atoms with Crippen molar-refractivity contribution < 1.29 is 4.74 Å². The number of benzene rings is 1. The smallest absolute Gasteiger partial charge is 0.243 e. The molecule has 1 heterocycles. The minimum Gasteiger partial charge on any atom is -0.496 e. The Balaban J connectivity index is 2.58. The van der Waals surface area contributed by atoms with Crippen molar-refractivity contribution in [2.75, 3.05) is 7.11 Å². The van der Waals surface area contributed by atoms with Crippen molar-refractivity contribution in [3.8, 4) is 17.0 Å². The van der Waals surface area contributed by atoms with Crippen LogP contribution in [0.1, 0.15) is 5.56 Å². The maximum atomic E-state index is 5.70. The number of halogens is 1. The van der Waals surface area contributed by atoms with Gasteiger partial charge < -0.3 is 4.74 Å². The summed E-state index contributed by atoms with van der Waals surface area (Å²) in [5.74, 6) is 0.738. The molecule has 0 spiro atoms. The molecule has 5 heteroatoms. The third-order valence-electron chi connectivity index (χ3n) is 2.16. The Hall–Kier alpha value is -1.68. The van der Waals surface area contributed by atoms with Crippen LogP contribution in [0, 0.1) is 6.92 Å². The third kappa shape index (κ3) is 2.12. The summed E-state index contributed by atoms with van der Waals surface area (Å²) >= 11 is 5.70. The Kier molecular flexibility index (Phi) is 3.01. The van der Waals surface area contributed by atoms with Gasteiger partial charge in [0, 0.05) is 5.56 Å². The summed E-state index contributed by atoms with van der Waals surface area (Å²) in [6.45, 7) is 2.00. The maximum Gasteiger partial charge on any atom is 0.243 e. The number of hydrogen-bond acceptors (Lipinski definition) is 4. The fourth-order valence-electron chi connectivity index (χ4n) is 1.43. The highest BCUT2D eigenvalue weighted by molar-refractivity contribution is 6.28. The monoisotopic (exact) mass is 235 g/mol. The van der Waals surface area contributed by atoms with E-state index in [0.29, 0.717) is 5.69 Å². The van der Waals surface area contributed by atoms with Crippen molar-refractivity contribution in [1.29, 1.82) is 0 Å². The highest BCUT2D eigenvalue weighted by Crippen LogP contribution is 2.29. The molecule has 0 fully saturated rings. The van der Waals surface area contributed by atoms with E-state index >= 15 is 0 Å². The van der Waals surface area contributed by atoms with E-state index in [-0.39, 0.29) is 5.28 Å². The lowest BCUT2D eigenvalue weighted by atomic mass is 10.1. The number of rotatable bonds is 2. The first-order chi connectivity index (χ1) is 7.70. The first-order valence-corrected chi connectivity index (χ1v) is 5.09. The molecule has 2 aromatic rings. The Morgan fingerprint density at radius 3 is 2.81 bits per heavy atom. The lowest BCUT2D eigenvalue weighted by Crippen LogP contribution is -1.94. The molecule has 2 rings (SSSR count). The number of aryl methyl sites for hydroxylation is 1. The van der Waals surface area contributed by atoms with Crippen LogP contribution < -0.4 is 4.74 Å². The molecule has 0 aliphatic carbocycles. The van der Waals surface area contributed by atoms with Crippen LogP contribution in [0.2, 0.25) is 5.28 Å². The SMILES string of the molecule is COc1ccc(C)cc1-c1cnnc(Cl)n1. The summed E-state index contributed by atoms with van der Waals surface area (Å²) < 4.78 is 5.26. The third-order valence-corrected chi connectivity index (χ3v) is 2.32. The van der Waals surface area contributed by atoms with Gasteiger partial charge in [-0.05, 0) is 30.7 Å². The van der Waals surface area contributed by atoms with Crippen molar-refractivity contribution in [2.45, 2.75) is 6.92 Å². The fourth-order valence-corrected chi connectivity index (χ4v) is 1.57.